The van der Waals surface area contributed by atoms with Crippen molar-refractivity contribution < 1.29 is 13.2 Å². The number of sulfonamides is 1. The van der Waals surface area contributed by atoms with Crippen LogP contribution in [0.3, 0.4) is 0 Å². The third-order valence-corrected chi connectivity index (χ3v) is 4.77. The van der Waals surface area contributed by atoms with Gasteiger partial charge in [-0.05, 0) is 19.8 Å². The second kappa shape index (κ2) is 5.20. The molecule has 15 heavy (non-hydrogen) atoms. The molecule has 0 aliphatic carbocycles. The first-order valence-corrected chi connectivity index (χ1v) is 6.77. The maximum atomic E-state index is 11.7. The standard InChI is InChI=1S/C8H16N2O3S2/c1-6(8(9)14)15(11,12)10-7-2-4-13-5-3-7/h6-7,10H,2-5H2,1H3,(H2,9,14). The molecule has 88 valence electrons. The molecule has 0 aromatic carbocycles. The van der Waals surface area contributed by atoms with E-state index in [1.54, 1.807) is 0 Å². The molecular weight excluding hydrogens is 236 g/mol. The monoisotopic (exact) mass is 252 g/mol. The van der Waals surface area contributed by atoms with Gasteiger partial charge in [-0.1, -0.05) is 12.2 Å². The minimum absolute atomic E-state index is 0.00504. The van der Waals surface area contributed by atoms with Gasteiger partial charge in [-0.2, -0.15) is 0 Å². The molecule has 0 aromatic rings. The smallest absolute Gasteiger partial charge is 0.220 e. The zero-order valence-electron chi connectivity index (χ0n) is 8.60. The molecule has 1 heterocycles. The molecule has 7 heteroatoms. The molecule has 1 fully saturated rings. The largest absolute Gasteiger partial charge is 0.392 e. The first kappa shape index (κ1) is 12.8. The maximum Gasteiger partial charge on any atom is 0.220 e. The van der Waals surface area contributed by atoms with Gasteiger partial charge in [-0.3, -0.25) is 0 Å². The lowest BCUT2D eigenvalue weighted by Gasteiger charge is -2.24. The van der Waals surface area contributed by atoms with Gasteiger partial charge in [-0.15, -0.1) is 0 Å². The highest BCUT2D eigenvalue weighted by molar-refractivity contribution is 7.93. The van der Waals surface area contributed by atoms with Crippen molar-refractivity contribution in [3.05, 3.63) is 0 Å². The number of ether oxygens (including phenoxy) is 1. The fourth-order valence-electron chi connectivity index (χ4n) is 1.30. The molecule has 0 saturated carbocycles. The Morgan fingerprint density at radius 1 is 1.53 bits per heavy atom. The Balaban J connectivity index is 2.58. The molecule has 0 bridgehead atoms. The third kappa shape index (κ3) is 3.67. The predicted octanol–water partition coefficient (Wildman–Crippen LogP) is -0.241. The van der Waals surface area contributed by atoms with Crippen LogP contribution in [-0.4, -0.2) is 37.9 Å². The molecule has 3 N–H and O–H groups in total. The van der Waals surface area contributed by atoms with Crippen LogP contribution in [0.4, 0.5) is 0 Å². The van der Waals surface area contributed by atoms with Gasteiger partial charge in [0.05, 0.1) is 4.99 Å². The number of nitrogens with one attached hydrogen (secondary N) is 1. The van der Waals surface area contributed by atoms with Crippen molar-refractivity contribution in [2.24, 2.45) is 5.73 Å². The van der Waals surface area contributed by atoms with E-state index in [-0.39, 0.29) is 11.0 Å². The van der Waals surface area contributed by atoms with Crippen LogP contribution >= 0.6 is 12.2 Å². The zero-order valence-corrected chi connectivity index (χ0v) is 10.2. The Morgan fingerprint density at radius 3 is 2.53 bits per heavy atom. The lowest BCUT2D eigenvalue weighted by molar-refractivity contribution is 0.0832. The number of nitrogens with two attached hydrogens (primary N) is 1. The summed E-state index contributed by atoms with van der Waals surface area (Å²) in [6, 6.07) is -0.0550. The summed E-state index contributed by atoms with van der Waals surface area (Å²) >= 11 is 4.67. The second-order valence-electron chi connectivity index (χ2n) is 3.59. The average Bonchev–Trinajstić information content (AvgIpc) is 2.17. The van der Waals surface area contributed by atoms with Gasteiger partial charge in [0.2, 0.25) is 10.0 Å². The van der Waals surface area contributed by atoms with Crippen LogP contribution < -0.4 is 10.5 Å². The van der Waals surface area contributed by atoms with Crippen molar-refractivity contribution in [3.63, 3.8) is 0 Å². The summed E-state index contributed by atoms with van der Waals surface area (Å²) in [5.74, 6) is 0. The summed E-state index contributed by atoms with van der Waals surface area (Å²) in [5, 5.41) is -0.824. The van der Waals surface area contributed by atoms with Crippen molar-refractivity contribution in [1.82, 2.24) is 4.72 Å². The van der Waals surface area contributed by atoms with E-state index >= 15 is 0 Å². The fourth-order valence-corrected chi connectivity index (χ4v) is 2.89. The molecule has 1 aliphatic heterocycles. The van der Waals surface area contributed by atoms with E-state index in [0.29, 0.717) is 26.1 Å². The number of thiocarbonyl (C=S) groups is 1. The molecule has 0 amide bonds. The van der Waals surface area contributed by atoms with Crippen molar-refractivity contribution in [1.29, 1.82) is 0 Å². The lowest BCUT2D eigenvalue weighted by Crippen LogP contribution is -2.46. The highest BCUT2D eigenvalue weighted by Gasteiger charge is 2.27. The van der Waals surface area contributed by atoms with Crippen molar-refractivity contribution in [3.8, 4) is 0 Å². The maximum absolute atomic E-state index is 11.7. The van der Waals surface area contributed by atoms with Gasteiger partial charge < -0.3 is 10.5 Å². The van der Waals surface area contributed by atoms with Gasteiger partial charge in [0.25, 0.3) is 0 Å². The van der Waals surface area contributed by atoms with E-state index in [0.717, 1.165) is 0 Å². The van der Waals surface area contributed by atoms with Crippen LogP contribution in [-0.2, 0) is 14.8 Å². The lowest BCUT2D eigenvalue weighted by atomic mass is 10.1. The van der Waals surface area contributed by atoms with Crippen LogP contribution in [0.1, 0.15) is 19.8 Å². The highest BCUT2D eigenvalue weighted by atomic mass is 32.2. The highest BCUT2D eigenvalue weighted by Crippen LogP contribution is 2.09. The summed E-state index contributed by atoms with van der Waals surface area (Å²) in [6.45, 7) is 2.67. The minimum Gasteiger partial charge on any atom is -0.392 e. The van der Waals surface area contributed by atoms with E-state index in [2.05, 4.69) is 16.9 Å². The van der Waals surface area contributed by atoms with Crippen LogP contribution in [0.15, 0.2) is 0 Å². The van der Waals surface area contributed by atoms with Gasteiger partial charge >= 0.3 is 0 Å². The summed E-state index contributed by atoms with van der Waals surface area (Å²) in [6.07, 6.45) is 1.40. The Kier molecular flexibility index (Phi) is 4.45. The Labute approximate surface area is 95.4 Å². The van der Waals surface area contributed by atoms with Crippen LogP contribution in [0, 0.1) is 0 Å². The molecule has 5 nitrogen and oxygen atoms in total. The van der Waals surface area contributed by atoms with E-state index in [1.807, 2.05) is 0 Å². The van der Waals surface area contributed by atoms with Gasteiger partial charge in [0, 0.05) is 19.3 Å². The Morgan fingerprint density at radius 2 is 2.07 bits per heavy atom. The summed E-state index contributed by atoms with van der Waals surface area (Å²) in [5.41, 5.74) is 5.31. The first-order chi connectivity index (χ1) is 6.93. The molecule has 1 aliphatic rings. The van der Waals surface area contributed by atoms with E-state index in [9.17, 15) is 8.42 Å². The first-order valence-electron chi connectivity index (χ1n) is 4.81. The van der Waals surface area contributed by atoms with Crippen LogP contribution in [0.25, 0.3) is 0 Å². The summed E-state index contributed by atoms with van der Waals surface area (Å²) in [4.78, 5) is -0.00504. The summed E-state index contributed by atoms with van der Waals surface area (Å²) < 4.78 is 31.2. The molecule has 1 saturated heterocycles. The number of rotatable bonds is 4. The SMILES string of the molecule is CC(C(N)=S)S(=O)(=O)NC1CCOCC1. The van der Waals surface area contributed by atoms with E-state index < -0.39 is 15.3 Å². The fraction of sp³-hybridized carbons (Fsp3) is 0.875. The Hall–Kier alpha value is -0.240. The quantitative estimate of drug-likeness (QED) is 0.675. The summed E-state index contributed by atoms with van der Waals surface area (Å²) in [7, 11) is -3.43. The topological polar surface area (TPSA) is 81.4 Å². The second-order valence-corrected chi connectivity index (χ2v) is 6.10. The molecular formula is C8H16N2O3S2. The van der Waals surface area contributed by atoms with Gasteiger partial charge in [0.1, 0.15) is 5.25 Å². The van der Waals surface area contributed by atoms with Crippen molar-refractivity contribution in [2.45, 2.75) is 31.1 Å². The molecule has 1 unspecified atom stereocenters. The van der Waals surface area contributed by atoms with Crippen LogP contribution in [0.2, 0.25) is 0 Å². The third-order valence-electron chi connectivity index (χ3n) is 2.42. The predicted molar refractivity (Wildman–Crippen MR) is 62.1 cm³/mol. The molecule has 1 atom stereocenters. The van der Waals surface area contributed by atoms with Gasteiger partial charge in [-0.25, -0.2) is 13.1 Å². The molecule has 0 spiro atoms. The molecule has 1 rings (SSSR count). The van der Waals surface area contributed by atoms with E-state index in [4.69, 9.17) is 10.5 Å². The van der Waals surface area contributed by atoms with Gasteiger partial charge in [0.15, 0.2) is 0 Å². The number of hydrogen-bond donors (Lipinski definition) is 2. The normalized spacial score (nSPS) is 21.1. The zero-order chi connectivity index (χ0) is 11.5. The Bertz CT molecular complexity index is 323. The van der Waals surface area contributed by atoms with Crippen molar-refractivity contribution >= 4 is 27.2 Å². The van der Waals surface area contributed by atoms with Crippen LogP contribution in [0.5, 0.6) is 0 Å². The molecule has 0 radical (unpaired) electrons. The molecule has 0 aromatic heterocycles. The number of hydrogen-bond acceptors (Lipinski definition) is 4. The average molecular weight is 252 g/mol. The van der Waals surface area contributed by atoms with E-state index in [1.165, 1.54) is 6.92 Å². The minimum atomic E-state index is -3.43. The van der Waals surface area contributed by atoms with Crippen molar-refractivity contribution in [2.75, 3.05) is 13.2 Å².